The maximum absolute atomic E-state index is 12.1. The summed E-state index contributed by atoms with van der Waals surface area (Å²) in [6.45, 7) is 2.17. The first-order valence-electron chi connectivity index (χ1n) is 5.71. The summed E-state index contributed by atoms with van der Waals surface area (Å²) in [4.78, 5) is 12.1. The van der Waals surface area contributed by atoms with Crippen LogP contribution in [-0.4, -0.2) is 19.5 Å². The molecule has 5 nitrogen and oxygen atoms in total. The van der Waals surface area contributed by atoms with Crippen LogP contribution in [0, 0.1) is 6.92 Å². The first-order valence-corrected chi connectivity index (χ1v) is 8.89. The second-order valence-corrected chi connectivity index (χ2v) is 8.31. The minimum absolute atomic E-state index is 0.142. The van der Waals surface area contributed by atoms with Gasteiger partial charge in [0.25, 0.3) is 0 Å². The van der Waals surface area contributed by atoms with Crippen molar-refractivity contribution in [3.63, 3.8) is 0 Å². The minimum atomic E-state index is -3.59. The van der Waals surface area contributed by atoms with Crippen molar-refractivity contribution >= 4 is 38.7 Å². The normalized spacial score (nSPS) is 11.7. The molecule has 108 valence electrons. The lowest BCUT2D eigenvalue weighted by atomic mass is 10.3. The average molecular weight is 331 g/mol. The topological polar surface area (TPSA) is 83.5 Å². The second-order valence-electron chi connectivity index (χ2n) is 4.14. The summed E-state index contributed by atoms with van der Waals surface area (Å²) in [7, 11) is -3.59. The summed E-state index contributed by atoms with van der Waals surface area (Å²) in [5.41, 5.74) is 1.05. The van der Waals surface area contributed by atoms with E-state index in [1.165, 1.54) is 23.5 Å². The third-order valence-corrected chi connectivity index (χ3v) is 6.62. The molecule has 0 unspecified atom stereocenters. The molecule has 2 heterocycles. The summed E-state index contributed by atoms with van der Waals surface area (Å²) in [5.74, 6) is -0.974. The highest BCUT2D eigenvalue weighted by Gasteiger charge is 2.18. The molecular formula is C12H13NO4S3. The number of aliphatic carboxylic acids is 1. The summed E-state index contributed by atoms with van der Waals surface area (Å²) in [6.07, 6.45) is -0.162. The first-order chi connectivity index (χ1) is 9.38. The monoisotopic (exact) mass is 331 g/mol. The van der Waals surface area contributed by atoms with Crippen molar-refractivity contribution in [3.05, 3.63) is 38.9 Å². The lowest BCUT2D eigenvalue weighted by molar-refractivity contribution is -0.136. The SMILES string of the molecule is Cc1ccsc1CNS(=O)(=O)c1ccc(CC(=O)O)s1. The van der Waals surface area contributed by atoms with Crippen molar-refractivity contribution < 1.29 is 18.3 Å². The third kappa shape index (κ3) is 3.66. The fraction of sp³-hybridized carbons (Fsp3) is 0.250. The molecule has 0 atom stereocenters. The molecule has 0 radical (unpaired) electrons. The Morgan fingerprint density at radius 2 is 2.10 bits per heavy atom. The fourth-order valence-electron chi connectivity index (χ4n) is 1.56. The smallest absolute Gasteiger partial charge is 0.308 e. The van der Waals surface area contributed by atoms with Gasteiger partial charge in [-0.3, -0.25) is 4.79 Å². The number of hydrogen-bond acceptors (Lipinski definition) is 5. The summed E-state index contributed by atoms with van der Waals surface area (Å²) >= 11 is 2.48. The molecule has 0 aromatic carbocycles. The van der Waals surface area contributed by atoms with E-state index in [4.69, 9.17) is 5.11 Å². The Labute approximate surface area is 124 Å². The number of nitrogens with one attached hydrogen (secondary N) is 1. The Kier molecular flexibility index (Phi) is 4.59. The van der Waals surface area contributed by atoms with Crippen LogP contribution in [0.25, 0.3) is 0 Å². The number of carboxylic acid groups (broad SMARTS) is 1. The van der Waals surface area contributed by atoms with E-state index in [0.717, 1.165) is 21.8 Å². The molecule has 20 heavy (non-hydrogen) atoms. The molecular weight excluding hydrogens is 318 g/mol. The van der Waals surface area contributed by atoms with Crippen LogP contribution in [0.1, 0.15) is 15.3 Å². The molecule has 8 heteroatoms. The third-order valence-electron chi connectivity index (χ3n) is 2.62. The molecule has 0 amide bonds. The summed E-state index contributed by atoms with van der Waals surface area (Å²) < 4.78 is 26.9. The Morgan fingerprint density at radius 3 is 2.70 bits per heavy atom. The van der Waals surface area contributed by atoms with Crippen molar-refractivity contribution in [2.75, 3.05) is 0 Å². The quantitative estimate of drug-likeness (QED) is 0.850. The standard InChI is InChI=1S/C12H13NO4S3/c1-8-4-5-18-10(8)7-13-20(16,17)12-3-2-9(19-12)6-11(14)15/h2-5,13H,6-7H2,1H3,(H,14,15). The van der Waals surface area contributed by atoms with Gasteiger partial charge >= 0.3 is 5.97 Å². The maximum Gasteiger partial charge on any atom is 0.308 e. The van der Waals surface area contributed by atoms with E-state index in [-0.39, 0.29) is 17.2 Å². The molecule has 0 aliphatic carbocycles. The Morgan fingerprint density at radius 1 is 1.35 bits per heavy atom. The van der Waals surface area contributed by atoms with Crippen LogP contribution in [0.3, 0.4) is 0 Å². The van der Waals surface area contributed by atoms with E-state index in [2.05, 4.69) is 4.72 Å². The Hall–Kier alpha value is -1.22. The Balaban J connectivity index is 2.08. The van der Waals surface area contributed by atoms with Gasteiger partial charge in [-0.2, -0.15) is 0 Å². The van der Waals surface area contributed by atoms with Gasteiger partial charge in [0.2, 0.25) is 10.0 Å². The Bertz CT molecular complexity index is 715. The lowest BCUT2D eigenvalue weighted by Crippen LogP contribution is -2.22. The van der Waals surface area contributed by atoms with Crippen LogP contribution in [0.2, 0.25) is 0 Å². The number of carboxylic acids is 1. The van der Waals surface area contributed by atoms with Crippen molar-refractivity contribution in [1.82, 2.24) is 4.72 Å². The van der Waals surface area contributed by atoms with E-state index in [0.29, 0.717) is 4.88 Å². The van der Waals surface area contributed by atoms with Gasteiger partial charge < -0.3 is 5.11 Å². The predicted molar refractivity (Wildman–Crippen MR) is 78.7 cm³/mol. The van der Waals surface area contributed by atoms with E-state index in [1.54, 1.807) is 0 Å². The van der Waals surface area contributed by atoms with E-state index < -0.39 is 16.0 Å². The summed E-state index contributed by atoms with van der Waals surface area (Å²) in [6, 6.07) is 4.90. The second kappa shape index (κ2) is 6.04. The van der Waals surface area contributed by atoms with Gasteiger partial charge in [0, 0.05) is 16.3 Å². The van der Waals surface area contributed by atoms with E-state index in [1.807, 2.05) is 18.4 Å². The van der Waals surface area contributed by atoms with Crippen molar-refractivity contribution in [2.24, 2.45) is 0 Å². The van der Waals surface area contributed by atoms with Gasteiger partial charge in [0.1, 0.15) is 4.21 Å². The molecule has 0 spiro atoms. The molecule has 0 saturated heterocycles. The molecule has 0 fully saturated rings. The van der Waals surface area contributed by atoms with Gasteiger partial charge in [-0.05, 0) is 36.1 Å². The number of rotatable bonds is 6. The van der Waals surface area contributed by atoms with Gasteiger partial charge in [-0.15, -0.1) is 22.7 Å². The van der Waals surface area contributed by atoms with Crippen molar-refractivity contribution in [1.29, 1.82) is 0 Å². The molecule has 0 aliphatic rings. The molecule has 2 N–H and O–H groups in total. The first kappa shape index (κ1) is 15.2. The van der Waals surface area contributed by atoms with Gasteiger partial charge in [0.15, 0.2) is 0 Å². The number of hydrogen-bond donors (Lipinski definition) is 2. The number of thiophene rings is 2. The van der Waals surface area contributed by atoms with Crippen LogP contribution in [-0.2, 0) is 27.8 Å². The van der Waals surface area contributed by atoms with Crippen molar-refractivity contribution in [2.45, 2.75) is 24.1 Å². The molecule has 2 aromatic rings. The zero-order valence-electron chi connectivity index (χ0n) is 10.6. The zero-order chi connectivity index (χ0) is 14.8. The van der Waals surface area contributed by atoms with Crippen LogP contribution in [0.4, 0.5) is 0 Å². The van der Waals surface area contributed by atoms with E-state index >= 15 is 0 Å². The number of carbonyl (C=O) groups is 1. The van der Waals surface area contributed by atoms with Crippen LogP contribution in [0.15, 0.2) is 27.8 Å². The summed E-state index contributed by atoms with van der Waals surface area (Å²) in [5, 5.41) is 10.6. The highest BCUT2D eigenvalue weighted by molar-refractivity contribution is 7.91. The molecule has 0 bridgehead atoms. The van der Waals surface area contributed by atoms with E-state index in [9.17, 15) is 13.2 Å². The number of aryl methyl sites for hydroxylation is 1. The highest BCUT2D eigenvalue weighted by Crippen LogP contribution is 2.23. The van der Waals surface area contributed by atoms with Crippen molar-refractivity contribution in [3.8, 4) is 0 Å². The average Bonchev–Trinajstić information content (AvgIpc) is 2.95. The molecule has 0 saturated carbocycles. The molecule has 0 aliphatic heterocycles. The largest absolute Gasteiger partial charge is 0.481 e. The van der Waals surface area contributed by atoms with Crippen LogP contribution in [0.5, 0.6) is 0 Å². The van der Waals surface area contributed by atoms with Gasteiger partial charge in [-0.1, -0.05) is 0 Å². The van der Waals surface area contributed by atoms with Crippen LogP contribution < -0.4 is 4.72 Å². The van der Waals surface area contributed by atoms with Crippen LogP contribution >= 0.6 is 22.7 Å². The zero-order valence-corrected chi connectivity index (χ0v) is 13.1. The highest BCUT2D eigenvalue weighted by atomic mass is 32.2. The minimum Gasteiger partial charge on any atom is -0.481 e. The molecule has 2 rings (SSSR count). The number of sulfonamides is 1. The predicted octanol–water partition coefficient (Wildman–Crippen LogP) is 2.22. The molecule has 2 aromatic heterocycles. The maximum atomic E-state index is 12.1. The lowest BCUT2D eigenvalue weighted by Gasteiger charge is -2.04. The van der Waals surface area contributed by atoms with Gasteiger partial charge in [0.05, 0.1) is 6.42 Å². The van der Waals surface area contributed by atoms with Gasteiger partial charge in [-0.25, -0.2) is 13.1 Å². The fourth-order valence-corrected chi connectivity index (χ4v) is 4.89.